The molecular weight excluding hydrogens is 328 g/mol. The maximum Gasteiger partial charge on any atom is 0.407 e. The van der Waals surface area contributed by atoms with Gasteiger partial charge in [0, 0.05) is 47.5 Å². The molecule has 24 heavy (non-hydrogen) atoms. The molecule has 0 aromatic heterocycles. The summed E-state index contributed by atoms with van der Waals surface area (Å²) in [5, 5.41) is 2.80. The van der Waals surface area contributed by atoms with E-state index in [1.165, 1.54) is 0 Å². The van der Waals surface area contributed by atoms with Crippen LogP contribution in [0.25, 0.3) is 0 Å². The van der Waals surface area contributed by atoms with Crippen molar-refractivity contribution in [1.82, 2.24) is 10.2 Å². The fourth-order valence-corrected chi connectivity index (χ4v) is 3.48. The number of rotatable bonds is 5. The number of benzene rings is 1. The van der Waals surface area contributed by atoms with Gasteiger partial charge in [0.1, 0.15) is 0 Å². The normalized spacial score (nSPS) is 18.8. The summed E-state index contributed by atoms with van der Waals surface area (Å²) < 4.78 is 16.3. The highest BCUT2D eigenvalue weighted by atomic mass is 32.2. The Kier molecular flexibility index (Phi) is 6.78. The fraction of sp³-hybridized carbons (Fsp3) is 0.529. The van der Waals surface area contributed by atoms with Crippen LogP contribution in [0.4, 0.5) is 4.79 Å². The molecule has 1 aliphatic heterocycles. The van der Waals surface area contributed by atoms with E-state index in [0.717, 1.165) is 18.4 Å². The SMILES string of the molecule is CCOC(=O)N[C@H]1CCCN(C(=O)c2cccc(C[S@](C)=O)c2)C1. The van der Waals surface area contributed by atoms with Gasteiger partial charge >= 0.3 is 6.09 Å². The highest BCUT2D eigenvalue weighted by molar-refractivity contribution is 7.83. The van der Waals surface area contributed by atoms with Crippen molar-refractivity contribution in [1.29, 1.82) is 0 Å². The van der Waals surface area contributed by atoms with Crippen LogP contribution < -0.4 is 5.32 Å². The van der Waals surface area contributed by atoms with Crippen LogP contribution >= 0.6 is 0 Å². The van der Waals surface area contributed by atoms with Gasteiger partial charge in [0.05, 0.1) is 6.61 Å². The van der Waals surface area contributed by atoms with Crippen molar-refractivity contribution >= 4 is 22.8 Å². The highest BCUT2D eigenvalue weighted by Crippen LogP contribution is 2.16. The number of nitrogens with zero attached hydrogens (tertiary/aromatic N) is 1. The summed E-state index contributed by atoms with van der Waals surface area (Å²) in [7, 11) is -0.944. The van der Waals surface area contributed by atoms with Crippen LogP contribution in [-0.4, -0.2) is 53.1 Å². The minimum Gasteiger partial charge on any atom is -0.450 e. The van der Waals surface area contributed by atoms with Crippen LogP contribution in [-0.2, 0) is 21.3 Å². The zero-order chi connectivity index (χ0) is 17.5. The van der Waals surface area contributed by atoms with Gasteiger partial charge < -0.3 is 15.0 Å². The highest BCUT2D eigenvalue weighted by Gasteiger charge is 2.25. The molecule has 0 bridgehead atoms. The van der Waals surface area contributed by atoms with Crippen LogP contribution in [0.1, 0.15) is 35.7 Å². The van der Waals surface area contributed by atoms with Crippen LogP contribution in [0, 0.1) is 0 Å². The fourth-order valence-electron chi connectivity index (χ4n) is 2.83. The molecule has 1 N–H and O–H groups in total. The number of amides is 2. The van der Waals surface area contributed by atoms with Gasteiger partial charge in [-0.25, -0.2) is 4.79 Å². The number of hydrogen-bond acceptors (Lipinski definition) is 4. The first-order chi connectivity index (χ1) is 11.5. The first-order valence-electron chi connectivity index (χ1n) is 8.11. The number of carbonyl (C=O) groups excluding carboxylic acids is 2. The van der Waals surface area contributed by atoms with E-state index in [-0.39, 0.29) is 11.9 Å². The molecule has 0 unspecified atom stereocenters. The van der Waals surface area contributed by atoms with Crippen LogP contribution in [0.15, 0.2) is 24.3 Å². The Balaban J connectivity index is 2.01. The number of ether oxygens (including phenoxy) is 1. The quantitative estimate of drug-likeness (QED) is 0.878. The van der Waals surface area contributed by atoms with Crippen molar-refractivity contribution in [3.05, 3.63) is 35.4 Å². The molecule has 7 heteroatoms. The van der Waals surface area contributed by atoms with E-state index in [1.807, 2.05) is 12.1 Å². The second-order valence-corrected chi connectivity index (χ2v) is 7.31. The van der Waals surface area contributed by atoms with Crippen molar-refractivity contribution < 1.29 is 18.5 Å². The average Bonchev–Trinajstić information content (AvgIpc) is 2.54. The van der Waals surface area contributed by atoms with E-state index in [4.69, 9.17) is 4.74 Å². The lowest BCUT2D eigenvalue weighted by atomic mass is 10.0. The molecule has 1 aliphatic rings. The van der Waals surface area contributed by atoms with Crippen molar-refractivity contribution in [2.24, 2.45) is 0 Å². The first kappa shape index (κ1) is 18.4. The molecule has 0 radical (unpaired) electrons. The summed E-state index contributed by atoms with van der Waals surface area (Å²) in [4.78, 5) is 26.0. The molecule has 132 valence electrons. The summed E-state index contributed by atoms with van der Waals surface area (Å²) in [6, 6.07) is 7.17. The lowest BCUT2D eigenvalue weighted by Crippen LogP contribution is -2.49. The third-order valence-corrected chi connectivity index (χ3v) is 4.59. The predicted molar refractivity (Wildman–Crippen MR) is 93.3 cm³/mol. The molecule has 1 fully saturated rings. The number of carbonyl (C=O) groups is 2. The van der Waals surface area contributed by atoms with E-state index >= 15 is 0 Å². The summed E-state index contributed by atoms with van der Waals surface area (Å²) in [6.07, 6.45) is 2.87. The maximum atomic E-state index is 12.7. The van der Waals surface area contributed by atoms with E-state index in [0.29, 0.717) is 31.0 Å². The van der Waals surface area contributed by atoms with Crippen molar-refractivity contribution in [3.63, 3.8) is 0 Å². The van der Waals surface area contributed by atoms with E-state index < -0.39 is 16.9 Å². The molecule has 0 aliphatic carbocycles. The number of piperidine rings is 1. The summed E-state index contributed by atoms with van der Waals surface area (Å²) in [5.41, 5.74) is 1.48. The Hall–Kier alpha value is -1.89. The Labute approximate surface area is 145 Å². The third kappa shape index (κ3) is 5.33. The Bertz CT molecular complexity index is 620. The number of hydrogen-bond donors (Lipinski definition) is 1. The van der Waals surface area contributed by atoms with E-state index in [2.05, 4.69) is 5.32 Å². The number of alkyl carbamates (subject to hydrolysis) is 1. The Morgan fingerprint density at radius 2 is 2.21 bits per heavy atom. The van der Waals surface area contributed by atoms with Crippen molar-refractivity contribution in [3.8, 4) is 0 Å². The minimum atomic E-state index is -0.944. The lowest BCUT2D eigenvalue weighted by Gasteiger charge is -2.33. The molecule has 1 saturated heterocycles. The predicted octanol–water partition coefficient (Wildman–Crippen LogP) is 1.92. The van der Waals surface area contributed by atoms with Crippen molar-refractivity contribution in [2.45, 2.75) is 31.6 Å². The standard InChI is InChI=1S/C17H24N2O4S/c1-3-23-17(21)18-15-8-5-9-19(11-15)16(20)14-7-4-6-13(10-14)12-24(2)22/h4,6-7,10,15H,3,5,8-9,11-12H2,1-2H3,(H,18,21)/t15-,24-/m0/s1. The summed E-state index contributed by atoms with van der Waals surface area (Å²) in [6.45, 7) is 3.23. The van der Waals surface area contributed by atoms with E-state index in [1.54, 1.807) is 30.2 Å². The molecule has 2 rings (SSSR count). The second kappa shape index (κ2) is 8.82. The monoisotopic (exact) mass is 352 g/mol. The van der Waals surface area contributed by atoms with Crippen LogP contribution in [0.3, 0.4) is 0 Å². The largest absolute Gasteiger partial charge is 0.450 e. The molecule has 0 saturated carbocycles. The second-order valence-electron chi connectivity index (χ2n) is 5.87. The van der Waals surface area contributed by atoms with Crippen molar-refractivity contribution in [2.75, 3.05) is 26.0 Å². The molecular formula is C17H24N2O4S. The zero-order valence-corrected chi connectivity index (χ0v) is 14.9. The smallest absolute Gasteiger partial charge is 0.407 e. The number of likely N-dealkylation sites (tertiary alicyclic amines) is 1. The molecule has 2 atom stereocenters. The third-order valence-electron chi connectivity index (χ3n) is 3.85. The topological polar surface area (TPSA) is 75.7 Å². The van der Waals surface area contributed by atoms with Gasteiger partial charge in [-0.3, -0.25) is 9.00 Å². The molecule has 1 heterocycles. The Morgan fingerprint density at radius 1 is 1.42 bits per heavy atom. The van der Waals surface area contributed by atoms with Crippen LogP contribution in [0.2, 0.25) is 0 Å². The molecule has 1 aromatic rings. The number of nitrogens with one attached hydrogen (secondary N) is 1. The van der Waals surface area contributed by atoms with Gasteiger partial charge in [-0.05, 0) is 37.5 Å². The molecule has 6 nitrogen and oxygen atoms in total. The van der Waals surface area contributed by atoms with Gasteiger partial charge in [-0.1, -0.05) is 12.1 Å². The molecule has 1 aromatic carbocycles. The van der Waals surface area contributed by atoms with Gasteiger partial charge in [0.2, 0.25) is 0 Å². The maximum absolute atomic E-state index is 12.7. The molecule has 0 spiro atoms. The summed E-state index contributed by atoms with van der Waals surface area (Å²) in [5.74, 6) is 0.378. The lowest BCUT2D eigenvalue weighted by molar-refractivity contribution is 0.0686. The average molecular weight is 352 g/mol. The minimum absolute atomic E-state index is 0.0610. The first-order valence-corrected chi connectivity index (χ1v) is 9.84. The van der Waals surface area contributed by atoms with Crippen LogP contribution in [0.5, 0.6) is 0 Å². The van der Waals surface area contributed by atoms with Gasteiger partial charge in [-0.15, -0.1) is 0 Å². The van der Waals surface area contributed by atoms with E-state index in [9.17, 15) is 13.8 Å². The van der Waals surface area contributed by atoms with Gasteiger partial charge in [-0.2, -0.15) is 0 Å². The zero-order valence-electron chi connectivity index (χ0n) is 14.1. The molecule has 2 amide bonds. The van der Waals surface area contributed by atoms with Gasteiger partial charge in [0.25, 0.3) is 5.91 Å². The Morgan fingerprint density at radius 3 is 2.92 bits per heavy atom. The van der Waals surface area contributed by atoms with Gasteiger partial charge in [0.15, 0.2) is 0 Å². The summed E-state index contributed by atoms with van der Waals surface area (Å²) >= 11 is 0.